The quantitative estimate of drug-likeness (QED) is 0.878. The Morgan fingerprint density at radius 2 is 2.12 bits per heavy atom. The van der Waals surface area contributed by atoms with Crippen molar-refractivity contribution in [3.8, 4) is 0 Å². The molecule has 17 heavy (non-hydrogen) atoms. The van der Waals surface area contributed by atoms with Gasteiger partial charge in [0.15, 0.2) is 0 Å². The molecule has 0 saturated carbocycles. The maximum atomic E-state index is 8.96. The number of hydrogen-bond donors (Lipinski definition) is 1. The summed E-state index contributed by atoms with van der Waals surface area (Å²) in [6.07, 6.45) is 1.71. The number of nitrogens with zero attached hydrogens (tertiary/aromatic N) is 2. The molecule has 0 bridgehead atoms. The molecular weight excluding hydrogens is 212 g/mol. The second kappa shape index (κ2) is 4.88. The molecule has 0 unspecified atom stereocenters. The molecule has 0 atom stereocenters. The smallest absolute Gasteiger partial charge is 0.109 e. The third-order valence-corrected chi connectivity index (χ3v) is 3.03. The van der Waals surface area contributed by atoms with E-state index in [2.05, 4.69) is 36.5 Å². The number of aliphatic hydroxyl groups is 1. The first-order valence-electron chi connectivity index (χ1n) is 6.17. The summed E-state index contributed by atoms with van der Waals surface area (Å²) in [5.41, 5.74) is 3.37. The Morgan fingerprint density at radius 3 is 2.76 bits per heavy atom. The Kier molecular flexibility index (Phi) is 3.48. The summed E-state index contributed by atoms with van der Waals surface area (Å²) in [6.45, 7) is 4.61. The van der Waals surface area contributed by atoms with Crippen molar-refractivity contribution in [2.75, 3.05) is 6.61 Å². The van der Waals surface area contributed by atoms with Crippen LogP contribution in [0.25, 0.3) is 11.0 Å². The van der Waals surface area contributed by atoms with E-state index in [0.717, 1.165) is 23.3 Å². The van der Waals surface area contributed by atoms with Crippen LogP contribution in [0.1, 0.15) is 25.2 Å². The first-order valence-corrected chi connectivity index (χ1v) is 6.17. The van der Waals surface area contributed by atoms with Crippen LogP contribution in [-0.4, -0.2) is 21.3 Å². The van der Waals surface area contributed by atoms with Crippen LogP contribution in [0.5, 0.6) is 0 Å². The molecule has 1 N–H and O–H groups in total. The second-order valence-corrected chi connectivity index (χ2v) is 4.98. The maximum absolute atomic E-state index is 8.96. The molecule has 0 radical (unpaired) electrons. The number of aromatic nitrogens is 2. The third-order valence-electron chi connectivity index (χ3n) is 3.03. The van der Waals surface area contributed by atoms with E-state index < -0.39 is 0 Å². The lowest BCUT2D eigenvalue weighted by molar-refractivity contribution is 0.299. The number of imidazole rings is 1. The van der Waals surface area contributed by atoms with Gasteiger partial charge in [0.2, 0.25) is 0 Å². The molecule has 0 saturated heterocycles. The van der Waals surface area contributed by atoms with Crippen LogP contribution in [0.3, 0.4) is 0 Å². The zero-order chi connectivity index (χ0) is 12.4. The summed E-state index contributed by atoms with van der Waals surface area (Å²) in [4.78, 5) is 4.65. The lowest BCUT2D eigenvalue weighted by atomic mass is 10.1. The summed E-state index contributed by atoms with van der Waals surface area (Å²) in [5.74, 6) is 1.75. The summed E-state index contributed by atoms with van der Waals surface area (Å²) >= 11 is 0. The molecule has 0 aliphatic carbocycles. The number of fused-ring (bicyclic) bond motifs is 1. The average molecular weight is 232 g/mol. The Labute approximate surface area is 102 Å². The van der Waals surface area contributed by atoms with Gasteiger partial charge in [-0.3, -0.25) is 0 Å². The zero-order valence-corrected chi connectivity index (χ0v) is 10.8. The predicted octanol–water partition coefficient (Wildman–Crippen LogP) is 2.31. The molecular formula is C14H20N2O. The van der Waals surface area contributed by atoms with Crippen molar-refractivity contribution in [1.82, 2.24) is 9.55 Å². The first-order chi connectivity index (χ1) is 8.11. The second-order valence-electron chi connectivity index (χ2n) is 4.98. The van der Waals surface area contributed by atoms with Crippen LogP contribution in [-0.2, 0) is 19.9 Å². The molecule has 0 fully saturated rings. The SMILES string of the molecule is CC(C)Cc1nc2ccc(CCO)cc2n1C. The van der Waals surface area contributed by atoms with E-state index in [1.54, 1.807) is 0 Å². The zero-order valence-electron chi connectivity index (χ0n) is 10.8. The number of benzene rings is 1. The molecule has 0 aliphatic rings. The molecule has 2 aromatic rings. The average Bonchev–Trinajstić information content (AvgIpc) is 2.56. The summed E-state index contributed by atoms with van der Waals surface area (Å²) in [6, 6.07) is 6.22. The highest BCUT2D eigenvalue weighted by molar-refractivity contribution is 5.76. The number of aliphatic hydroxyl groups excluding tert-OH is 1. The highest BCUT2D eigenvalue weighted by Crippen LogP contribution is 2.19. The van der Waals surface area contributed by atoms with E-state index in [-0.39, 0.29) is 6.61 Å². The number of aryl methyl sites for hydroxylation is 1. The van der Waals surface area contributed by atoms with E-state index in [0.29, 0.717) is 12.3 Å². The minimum atomic E-state index is 0.197. The van der Waals surface area contributed by atoms with E-state index >= 15 is 0 Å². The van der Waals surface area contributed by atoms with Gasteiger partial charge in [0.25, 0.3) is 0 Å². The van der Waals surface area contributed by atoms with Gasteiger partial charge >= 0.3 is 0 Å². The van der Waals surface area contributed by atoms with Crippen LogP contribution in [0.15, 0.2) is 18.2 Å². The minimum absolute atomic E-state index is 0.197. The maximum Gasteiger partial charge on any atom is 0.109 e. The van der Waals surface area contributed by atoms with Gasteiger partial charge in [-0.15, -0.1) is 0 Å². The largest absolute Gasteiger partial charge is 0.396 e. The number of hydrogen-bond acceptors (Lipinski definition) is 2. The topological polar surface area (TPSA) is 38.1 Å². The molecule has 1 aromatic carbocycles. The van der Waals surface area contributed by atoms with Crippen molar-refractivity contribution < 1.29 is 5.11 Å². The summed E-state index contributed by atoms with van der Waals surface area (Å²) in [7, 11) is 2.07. The molecule has 2 rings (SSSR count). The molecule has 3 nitrogen and oxygen atoms in total. The fraction of sp³-hybridized carbons (Fsp3) is 0.500. The van der Waals surface area contributed by atoms with Crippen LogP contribution in [0.2, 0.25) is 0 Å². The van der Waals surface area contributed by atoms with Gasteiger partial charge in [0, 0.05) is 20.1 Å². The van der Waals surface area contributed by atoms with Crippen molar-refractivity contribution >= 4 is 11.0 Å². The van der Waals surface area contributed by atoms with Crippen LogP contribution >= 0.6 is 0 Å². The summed E-state index contributed by atoms with van der Waals surface area (Å²) in [5, 5.41) is 8.96. The number of rotatable bonds is 4. The molecule has 0 spiro atoms. The van der Waals surface area contributed by atoms with Crippen LogP contribution < -0.4 is 0 Å². The highest BCUT2D eigenvalue weighted by Gasteiger charge is 2.09. The van der Waals surface area contributed by atoms with E-state index in [9.17, 15) is 0 Å². The lowest BCUT2D eigenvalue weighted by Gasteiger charge is -2.05. The van der Waals surface area contributed by atoms with Gasteiger partial charge in [0.1, 0.15) is 5.82 Å². The standard InChI is InChI=1S/C14H20N2O/c1-10(2)8-14-15-12-5-4-11(6-7-17)9-13(12)16(14)3/h4-5,9-10,17H,6-8H2,1-3H3. The van der Waals surface area contributed by atoms with Gasteiger partial charge < -0.3 is 9.67 Å². The van der Waals surface area contributed by atoms with E-state index in [4.69, 9.17) is 5.11 Å². The van der Waals surface area contributed by atoms with Gasteiger partial charge in [-0.05, 0) is 30.0 Å². The molecule has 1 heterocycles. The Hall–Kier alpha value is -1.35. The van der Waals surface area contributed by atoms with E-state index in [1.165, 1.54) is 5.56 Å². The van der Waals surface area contributed by atoms with Crippen molar-refractivity contribution in [1.29, 1.82) is 0 Å². The lowest BCUT2D eigenvalue weighted by Crippen LogP contribution is -2.02. The van der Waals surface area contributed by atoms with Gasteiger partial charge in [-0.1, -0.05) is 19.9 Å². The molecule has 0 amide bonds. The fourth-order valence-corrected chi connectivity index (χ4v) is 2.12. The monoisotopic (exact) mass is 232 g/mol. The van der Waals surface area contributed by atoms with Crippen molar-refractivity contribution in [2.45, 2.75) is 26.7 Å². The van der Waals surface area contributed by atoms with Crippen molar-refractivity contribution in [3.63, 3.8) is 0 Å². The van der Waals surface area contributed by atoms with E-state index in [1.807, 2.05) is 12.1 Å². The Balaban J connectivity index is 2.43. The minimum Gasteiger partial charge on any atom is -0.396 e. The predicted molar refractivity (Wildman–Crippen MR) is 70.0 cm³/mol. The molecule has 3 heteroatoms. The van der Waals surface area contributed by atoms with Crippen LogP contribution in [0.4, 0.5) is 0 Å². The fourth-order valence-electron chi connectivity index (χ4n) is 2.12. The molecule has 92 valence electrons. The summed E-state index contributed by atoms with van der Waals surface area (Å²) < 4.78 is 2.16. The normalized spacial score (nSPS) is 11.6. The van der Waals surface area contributed by atoms with Gasteiger partial charge in [-0.25, -0.2) is 4.98 Å². The Morgan fingerprint density at radius 1 is 1.35 bits per heavy atom. The van der Waals surface area contributed by atoms with Gasteiger partial charge in [-0.2, -0.15) is 0 Å². The van der Waals surface area contributed by atoms with Gasteiger partial charge in [0.05, 0.1) is 11.0 Å². The highest BCUT2D eigenvalue weighted by atomic mass is 16.2. The van der Waals surface area contributed by atoms with Crippen molar-refractivity contribution in [2.24, 2.45) is 13.0 Å². The Bertz CT molecular complexity index is 514. The van der Waals surface area contributed by atoms with Crippen LogP contribution in [0, 0.1) is 5.92 Å². The molecule has 1 aromatic heterocycles. The van der Waals surface area contributed by atoms with Crippen molar-refractivity contribution in [3.05, 3.63) is 29.6 Å². The first kappa shape index (κ1) is 12.1. The molecule has 0 aliphatic heterocycles. The third kappa shape index (κ3) is 2.50.